The minimum Gasteiger partial charge on any atom is -0.381 e. The monoisotopic (exact) mass is 198 g/mol. The van der Waals surface area contributed by atoms with E-state index in [2.05, 4.69) is 13.8 Å². The molecular weight excluding hydrogens is 172 g/mol. The first-order valence-electron chi connectivity index (χ1n) is 6.38. The van der Waals surface area contributed by atoms with Crippen LogP contribution in [0.25, 0.3) is 0 Å². The van der Waals surface area contributed by atoms with Crippen LogP contribution in [0.5, 0.6) is 0 Å². The minimum absolute atomic E-state index is 0.833. The lowest BCUT2D eigenvalue weighted by Crippen LogP contribution is -2.12. The van der Waals surface area contributed by atoms with Crippen molar-refractivity contribution in [2.45, 2.75) is 58.8 Å². The summed E-state index contributed by atoms with van der Waals surface area (Å²) < 4.78 is 5.65. The van der Waals surface area contributed by atoms with E-state index in [0.717, 1.165) is 25.0 Å². The van der Waals surface area contributed by atoms with Gasteiger partial charge in [0.2, 0.25) is 0 Å². The van der Waals surface area contributed by atoms with Crippen molar-refractivity contribution in [2.24, 2.45) is 11.8 Å². The fourth-order valence-electron chi connectivity index (χ4n) is 2.29. The lowest BCUT2D eigenvalue weighted by molar-refractivity contribution is 0.110. The summed E-state index contributed by atoms with van der Waals surface area (Å²) in [4.78, 5) is 0. The Morgan fingerprint density at radius 2 is 1.57 bits per heavy atom. The van der Waals surface area contributed by atoms with E-state index in [9.17, 15) is 0 Å². The molecule has 1 aliphatic heterocycles. The lowest BCUT2D eigenvalue weighted by Gasteiger charge is -2.20. The van der Waals surface area contributed by atoms with Gasteiger partial charge in [0, 0.05) is 13.2 Å². The van der Waals surface area contributed by atoms with Crippen LogP contribution in [-0.4, -0.2) is 13.2 Å². The summed E-state index contributed by atoms with van der Waals surface area (Å²) in [6.07, 6.45) is 9.61. The zero-order valence-electron chi connectivity index (χ0n) is 9.93. The summed E-state index contributed by atoms with van der Waals surface area (Å²) in [5, 5.41) is 0. The quantitative estimate of drug-likeness (QED) is 0.618. The van der Waals surface area contributed by atoms with Gasteiger partial charge >= 0.3 is 0 Å². The third-order valence-electron chi connectivity index (χ3n) is 3.44. The molecule has 0 N–H and O–H groups in total. The highest BCUT2D eigenvalue weighted by Gasteiger charge is 2.13. The number of hydrogen-bond donors (Lipinski definition) is 0. The van der Waals surface area contributed by atoms with Gasteiger partial charge in [-0.25, -0.2) is 0 Å². The molecule has 1 unspecified atom stereocenters. The fraction of sp³-hybridized carbons (Fsp3) is 1.00. The molecule has 1 heteroatoms. The zero-order chi connectivity index (χ0) is 10.2. The third kappa shape index (κ3) is 4.99. The Labute approximate surface area is 89.2 Å². The van der Waals surface area contributed by atoms with Crippen molar-refractivity contribution in [3.8, 4) is 0 Å². The number of hydrogen-bond acceptors (Lipinski definition) is 1. The van der Waals surface area contributed by atoms with Gasteiger partial charge < -0.3 is 4.74 Å². The highest BCUT2D eigenvalue weighted by Crippen LogP contribution is 2.23. The van der Waals surface area contributed by atoms with Crippen molar-refractivity contribution in [3.05, 3.63) is 0 Å². The van der Waals surface area contributed by atoms with Crippen LogP contribution in [0.4, 0.5) is 0 Å². The second-order valence-corrected chi connectivity index (χ2v) is 4.96. The van der Waals surface area contributed by atoms with Crippen LogP contribution in [0.1, 0.15) is 58.8 Å². The lowest BCUT2D eigenvalue weighted by atomic mass is 9.88. The van der Waals surface area contributed by atoms with Crippen LogP contribution < -0.4 is 0 Å². The van der Waals surface area contributed by atoms with Gasteiger partial charge in [-0.15, -0.1) is 0 Å². The van der Waals surface area contributed by atoms with Gasteiger partial charge in [-0.3, -0.25) is 0 Å². The maximum Gasteiger partial charge on any atom is 0.0468 e. The second kappa shape index (κ2) is 7.28. The van der Waals surface area contributed by atoms with E-state index in [-0.39, 0.29) is 0 Å². The highest BCUT2D eigenvalue weighted by molar-refractivity contribution is 4.64. The fourth-order valence-corrected chi connectivity index (χ4v) is 2.29. The standard InChI is InChI=1S/C13H26O/c1-12(2)13-8-6-4-3-5-7-10-14-11-9-13/h12-13H,3-11H2,1-2H3. The molecule has 1 saturated heterocycles. The van der Waals surface area contributed by atoms with Crippen LogP contribution in [0.15, 0.2) is 0 Å². The summed E-state index contributed by atoms with van der Waals surface area (Å²) in [5.41, 5.74) is 0. The summed E-state index contributed by atoms with van der Waals surface area (Å²) >= 11 is 0. The molecule has 0 aromatic carbocycles. The van der Waals surface area contributed by atoms with Crippen LogP contribution in [-0.2, 0) is 4.74 Å². The molecule has 1 rings (SSSR count). The number of rotatable bonds is 1. The minimum atomic E-state index is 0.833. The molecule has 1 nitrogen and oxygen atoms in total. The van der Waals surface area contributed by atoms with Crippen molar-refractivity contribution >= 4 is 0 Å². The average Bonchev–Trinajstić information content (AvgIpc) is 2.21. The van der Waals surface area contributed by atoms with E-state index in [1.807, 2.05) is 0 Å². The molecule has 1 aliphatic rings. The van der Waals surface area contributed by atoms with Gasteiger partial charge in [0.25, 0.3) is 0 Å². The van der Waals surface area contributed by atoms with Crippen molar-refractivity contribution < 1.29 is 4.74 Å². The normalized spacial score (nSPS) is 27.2. The van der Waals surface area contributed by atoms with Gasteiger partial charge in [0.05, 0.1) is 0 Å². The van der Waals surface area contributed by atoms with Crippen LogP contribution in [0, 0.1) is 11.8 Å². The Kier molecular flexibility index (Phi) is 6.25. The first-order chi connectivity index (χ1) is 6.80. The van der Waals surface area contributed by atoms with E-state index in [0.29, 0.717) is 0 Å². The molecule has 0 bridgehead atoms. The summed E-state index contributed by atoms with van der Waals surface area (Å²) in [5.74, 6) is 1.73. The third-order valence-corrected chi connectivity index (χ3v) is 3.44. The Hall–Kier alpha value is -0.0400. The second-order valence-electron chi connectivity index (χ2n) is 4.96. The summed E-state index contributed by atoms with van der Waals surface area (Å²) in [6.45, 7) is 6.68. The molecule has 0 radical (unpaired) electrons. The van der Waals surface area contributed by atoms with E-state index in [1.54, 1.807) is 0 Å². The molecule has 1 fully saturated rings. The SMILES string of the molecule is CC(C)C1CCCCCCCOCC1. The molecule has 0 aromatic heterocycles. The molecule has 1 heterocycles. The number of ether oxygens (including phenoxy) is 1. The summed E-state index contributed by atoms with van der Waals surface area (Å²) in [6, 6.07) is 0. The van der Waals surface area contributed by atoms with Crippen LogP contribution >= 0.6 is 0 Å². The molecular formula is C13H26O. The van der Waals surface area contributed by atoms with Crippen LogP contribution in [0.3, 0.4) is 0 Å². The van der Waals surface area contributed by atoms with Crippen molar-refractivity contribution in [2.75, 3.05) is 13.2 Å². The van der Waals surface area contributed by atoms with Gasteiger partial charge in [-0.05, 0) is 24.7 Å². The average molecular weight is 198 g/mol. The highest BCUT2D eigenvalue weighted by atomic mass is 16.5. The van der Waals surface area contributed by atoms with E-state index < -0.39 is 0 Å². The predicted molar refractivity (Wildman–Crippen MR) is 61.5 cm³/mol. The van der Waals surface area contributed by atoms with E-state index in [4.69, 9.17) is 4.74 Å². The Morgan fingerprint density at radius 3 is 2.36 bits per heavy atom. The maximum absolute atomic E-state index is 5.65. The molecule has 0 aromatic rings. The van der Waals surface area contributed by atoms with Crippen molar-refractivity contribution in [1.29, 1.82) is 0 Å². The Bertz CT molecular complexity index is 119. The molecule has 0 aliphatic carbocycles. The zero-order valence-corrected chi connectivity index (χ0v) is 9.93. The van der Waals surface area contributed by atoms with Gasteiger partial charge in [0.15, 0.2) is 0 Å². The molecule has 0 spiro atoms. The van der Waals surface area contributed by atoms with E-state index >= 15 is 0 Å². The molecule has 0 amide bonds. The van der Waals surface area contributed by atoms with Crippen molar-refractivity contribution in [3.63, 3.8) is 0 Å². The Morgan fingerprint density at radius 1 is 0.857 bits per heavy atom. The van der Waals surface area contributed by atoms with Gasteiger partial charge in [0.1, 0.15) is 0 Å². The van der Waals surface area contributed by atoms with E-state index in [1.165, 1.54) is 44.9 Å². The first kappa shape index (κ1) is 12.0. The van der Waals surface area contributed by atoms with Crippen LogP contribution in [0.2, 0.25) is 0 Å². The molecule has 1 atom stereocenters. The largest absolute Gasteiger partial charge is 0.381 e. The molecule has 14 heavy (non-hydrogen) atoms. The molecule has 0 saturated carbocycles. The van der Waals surface area contributed by atoms with Gasteiger partial charge in [-0.1, -0.05) is 46.0 Å². The Balaban J connectivity index is 2.27. The molecule has 84 valence electrons. The summed E-state index contributed by atoms with van der Waals surface area (Å²) in [7, 11) is 0. The smallest absolute Gasteiger partial charge is 0.0468 e. The maximum atomic E-state index is 5.65. The first-order valence-corrected chi connectivity index (χ1v) is 6.38. The van der Waals surface area contributed by atoms with Crippen molar-refractivity contribution in [1.82, 2.24) is 0 Å². The predicted octanol–water partition coefficient (Wildman–Crippen LogP) is 4.02. The van der Waals surface area contributed by atoms with Gasteiger partial charge in [-0.2, -0.15) is 0 Å². The topological polar surface area (TPSA) is 9.23 Å².